The van der Waals surface area contributed by atoms with Gasteiger partial charge in [-0.1, -0.05) is 13.3 Å². The molecule has 2 heterocycles. The number of likely N-dealkylation sites (tertiary alicyclic amines) is 1. The van der Waals surface area contributed by atoms with Gasteiger partial charge in [0.1, 0.15) is 0 Å². The van der Waals surface area contributed by atoms with Gasteiger partial charge in [-0.3, -0.25) is 14.6 Å². The zero-order chi connectivity index (χ0) is 13.9. The van der Waals surface area contributed by atoms with E-state index in [4.69, 9.17) is 0 Å². The van der Waals surface area contributed by atoms with Crippen molar-refractivity contribution >= 4 is 11.9 Å². The maximum Gasteiger partial charge on any atom is 0.311 e. The molecule has 0 spiro atoms. The maximum atomic E-state index is 12.3. The molecule has 1 aliphatic rings. The summed E-state index contributed by atoms with van der Waals surface area (Å²) < 4.78 is 0. The summed E-state index contributed by atoms with van der Waals surface area (Å²) in [5.74, 6) is -0.928. The summed E-state index contributed by atoms with van der Waals surface area (Å²) >= 11 is 0. The molecule has 0 aromatic carbocycles. The molecule has 1 saturated heterocycles. The Kier molecular flexibility index (Phi) is 3.83. The van der Waals surface area contributed by atoms with Gasteiger partial charge >= 0.3 is 5.97 Å². The molecule has 0 saturated carbocycles. The summed E-state index contributed by atoms with van der Waals surface area (Å²) in [6.45, 7) is 2.76. The van der Waals surface area contributed by atoms with Gasteiger partial charge in [-0.25, -0.2) is 0 Å². The van der Waals surface area contributed by atoms with Crippen LogP contribution in [-0.4, -0.2) is 40.0 Å². The molecule has 19 heavy (non-hydrogen) atoms. The van der Waals surface area contributed by atoms with Crippen LogP contribution in [0.2, 0.25) is 0 Å². The SMILES string of the molecule is CCCC1(C(=O)O)CCN(C(=O)c2cccnc2)C1. The van der Waals surface area contributed by atoms with Crippen molar-refractivity contribution in [3.63, 3.8) is 0 Å². The van der Waals surface area contributed by atoms with Gasteiger partial charge in [-0.2, -0.15) is 0 Å². The zero-order valence-electron chi connectivity index (χ0n) is 11.0. The molecule has 1 amide bonds. The van der Waals surface area contributed by atoms with Crippen molar-refractivity contribution < 1.29 is 14.7 Å². The lowest BCUT2D eigenvalue weighted by Gasteiger charge is -2.24. The Bertz CT molecular complexity index is 475. The zero-order valence-corrected chi connectivity index (χ0v) is 11.0. The third-order valence-corrected chi connectivity index (χ3v) is 3.73. The van der Waals surface area contributed by atoms with Gasteiger partial charge in [0.2, 0.25) is 0 Å². The second kappa shape index (κ2) is 5.38. The molecule has 1 fully saturated rings. The van der Waals surface area contributed by atoms with E-state index in [1.54, 1.807) is 23.2 Å². The van der Waals surface area contributed by atoms with Crippen LogP contribution in [0.25, 0.3) is 0 Å². The van der Waals surface area contributed by atoms with E-state index >= 15 is 0 Å². The highest BCUT2D eigenvalue weighted by Gasteiger charge is 2.45. The van der Waals surface area contributed by atoms with Gasteiger partial charge < -0.3 is 10.0 Å². The fourth-order valence-electron chi connectivity index (χ4n) is 2.68. The molecule has 0 radical (unpaired) electrons. The van der Waals surface area contributed by atoms with Crippen LogP contribution in [0.3, 0.4) is 0 Å². The van der Waals surface area contributed by atoms with Gasteiger partial charge in [-0.15, -0.1) is 0 Å². The number of aliphatic carboxylic acids is 1. The topological polar surface area (TPSA) is 70.5 Å². The van der Waals surface area contributed by atoms with Crippen molar-refractivity contribution in [1.29, 1.82) is 0 Å². The second-order valence-corrected chi connectivity index (χ2v) is 5.05. The Hall–Kier alpha value is -1.91. The standard InChI is InChI=1S/C14H18N2O3/c1-2-5-14(13(18)19)6-8-16(10-14)12(17)11-4-3-7-15-9-11/h3-4,7,9H,2,5-6,8,10H2,1H3,(H,18,19). The third kappa shape index (κ3) is 2.59. The first-order valence-electron chi connectivity index (χ1n) is 6.52. The van der Waals surface area contributed by atoms with Crippen molar-refractivity contribution in [2.45, 2.75) is 26.2 Å². The molecule has 1 aromatic heterocycles. The molecule has 1 N–H and O–H groups in total. The first kappa shape index (κ1) is 13.5. The fraction of sp³-hybridized carbons (Fsp3) is 0.500. The number of rotatable bonds is 4. The lowest BCUT2D eigenvalue weighted by molar-refractivity contribution is -0.148. The predicted octanol–water partition coefficient (Wildman–Crippen LogP) is 1.80. The lowest BCUT2D eigenvalue weighted by atomic mass is 9.83. The van der Waals surface area contributed by atoms with E-state index in [-0.39, 0.29) is 5.91 Å². The maximum absolute atomic E-state index is 12.3. The van der Waals surface area contributed by atoms with E-state index in [9.17, 15) is 14.7 Å². The summed E-state index contributed by atoms with van der Waals surface area (Å²) in [7, 11) is 0. The molecule has 5 nitrogen and oxygen atoms in total. The van der Waals surface area contributed by atoms with Gasteiger partial charge in [0.15, 0.2) is 0 Å². The molecule has 102 valence electrons. The number of hydrogen-bond acceptors (Lipinski definition) is 3. The van der Waals surface area contributed by atoms with Crippen molar-refractivity contribution in [1.82, 2.24) is 9.88 Å². The number of carboxylic acid groups (broad SMARTS) is 1. The number of carbonyl (C=O) groups excluding carboxylic acids is 1. The molecule has 0 bridgehead atoms. The summed E-state index contributed by atoms with van der Waals surface area (Å²) in [6.07, 6.45) is 5.07. The molecule has 1 aromatic rings. The van der Waals surface area contributed by atoms with Crippen molar-refractivity contribution in [3.8, 4) is 0 Å². The highest BCUT2D eigenvalue weighted by Crippen LogP contribution is 2.36. The molecule has 2 rings (SSSR count). The minimum absolute atomic E-state index is 0.132. The van der Waals surface area contributed by atoms with E-state index in [2.05, 4.69) is 4.98 Å². The van der Waals surface area contributed by atoms with Crippen LogP contribution in [0, 0.1) is 5.41 Å². The number of hydrogen-bond donors (Lipinski definition) is 1. The Morgan fingerprint density at radius 3 is 2.89 bits per heavy atom. The number of carboxylic acids is 1. The normalized spacial score (nSPS) is 22.5. The number of amides is 1. The van der Waals surface area contributed by atoms with E-state index < -0.39 is 11.4 Å². The number of pyridine rings is 1. The Morgan fingerprint density at radius 2 is 2.32 bits per heavy atom. The smallest absolute Gasteiger partial charge is 0.311 e. The summed E-state index contributed by atoms with van der Waals surface area (Å²) in [6, 6.07) is 3.41. The molecule has 1 atom stereocenters. The van der Waals surface area contributed by atoms with E-state index in [1.807, 2.05) is 6.92 Å². The minimum atomic E-state index is -0.796. The number of carbonyl (C=O) groups is 2. The molecular weight excluding hydrogens is 244 g/mol. The summed E-state index contributed by atoms with van der Waals surface area (Å²) in [4.78, 5) is 29.3. The molecular formula is C14H18N2O3. The average Bonchev–Trinajstić information content (AvgIpc) is 2.85. The van der Waals surface area contributed by atoms with E-state index in [0.717, 1.165) is 6.42 Å². The van der Waals surface area contributed by atoms with Gasteiger partial charge in [-0.05, 0) is 25.0 Å². The minimum Gasteiger partial charge on any atom is -0.481 e. The second-order valence-electron chi connectivity index (χ2n) is 5.05. The highest BCUT2D eigenvalue weighted by atomic mass is 16.4. The molecule has 0 aliphatic carbocycles. The Morgan fingerprint density at radius 1 is 1.53 bits per heavy atom. The highest BCUT2D eigenvalue weighted by molar-refractivity contribution is 5.94. The largest absolute Gasteiger partial charge is 0.481 e. The lowest BCUT2D eigenvalue weighted by Crippen LogP contribution is -2.36. The summed E-state index contributed by atoms with van der Waals surface area (Å²) in [5.41, 5.74) is -0.257. The van der Waals surface area contributed by atoms with Crippen molar-refractivity contribution in [3.05, 3.63) is 30.1 Å². The van der Waals surface area contributed by atoms with Crippen LogP contribution in [0.15, 0.2) is 24.5 Å². The van der Waals surface area contributed by atoms with Crippen LogP contribution in [0.4, 0.5) is 0 Å². The monoisotopic (exact) mass is 262 g/mol. The predicted molar refractivity (Wildman–Crippen MR) is 69.7 cm³/mol. The van der Waals surface area contributed by atoms with Gasteiger partial charge in [0.05, 0.1) is 11.0 Å². The number of aromatic nitrogens is 1. The Balaban J connectivity index is 2.13. The fourth-order valence-corrected chi connectivity index (χ4v) is 2.68. The average molecular weight is 262 g/mol. The van der Waals surface area contributed by atoms with E-state index in [0.29, 0.717) is 31.5 Å². The molecule has 1 unspecified atom stereocenters. The van der Waals surface area contributed by atoms with Crippen LogP contribution < -0.4 is 0 Å². The van der Waals surface area contributed by atoms with Gasteiger partial charge in [0.25, 0.3) is 5.91 Å². The van der Waals surface area contributed by atoms with Crippen LogP contribution >= 0.6 is 0 Å². The first-order valence-corrected chi connectivity index (χ1v) is 6.52. The van der Waals surface area contributed by atoms with Crippen molar-refractivity contribution in [2.75, 3.05) is 13.1 Å². The molecule has 1 aliphatic heterocycles. The molecule has 5 heteroatoms. The van der Waals surface area contributed by atoms with E-state index in [1.165, 1.54) is 6.20 Å². The van der Waals surface area contributed by atoms with Gasteiger partial charge in [0, 0.05) is 25.5 Å². The van der Waals surface area contributed by atoms with Crippen molar-refractivity contribution in [2.24, 2.45) is 5.41 Å². The van der Waals surface area contributed by atoms with Crippen LogP contribution in [0.1, 0.15) is 36.5 Å². The Labute approximate surface area is 112 Å². The quantitative estimate of drug-likeness (QED) is 0.898. The van der Waals surface area contributed by atoms with Crippen LogP contribution in [-0.2, 0) is 4.79 Å². The third-order valence-electron chi connectivity index (χ3n) is 3.73. The summed E-state index contributed by atoms with van der Waals surface area (Å²) in [5, 5.41) is 9.41. The van der Waals surface area contributed by atoms with Crippen LogP contribution in [0.5, 0.6) is 0 Å². The first-order chi connectivity index (χ1) is 9.09. The number of nitrogens with zero attached hydrogens (tertiary/aromatic N) is 2.